The summed E-state index contributed by atoms with van der Waals surface area (Å²) >= 11 is 0. The van der Waals surface area contributed by atoms with E-state index in [9.17, 15) is 4.79 Å². The zero-order chi connectivity index (χ0) is 14.5. The first kappa shape index (κ1) is 15.0. The minimum absolute atomic E-state index is 0.0125. The Bertz CT molecular complexity index is 430. The summed E-state index contributed by atoms with van der Waals surface area (Å²) < 4.78 is 0. The van der Waals surface area contributed by atoms with Gasteiger partial charge in [0.25, 0.3) is 0 Å². The topological polar surface area (TPSA) is 32.3 Å². The molecule has 0 aromatic heterocycles. The molecule has 1 aromatic carbocycles. The van der Waals surface area contributed by atoms with Crippen LogP contribution in [0.15, 0.2) is 30.3 Å². The predicted octanol–water partition coefficient (Wildman–Crippen LogP) is 3.13. The molecule has 110 valence electrons. The molecule has 0 radical (unpaired) electrons. The van der Waals surface area contributed by atoms with Gasteiger partial charge in [-0.15, -0.1) is 0 Å². The molecule has 1 saturated heterocycles. The predicted molar refractivity (Wildman–Crippen MR) is 82.5 cm³/mol. The van der Waals surface area contributed by atoms with Gasteiger partial charge in [-0.3, -0.25) is 4.79 Å². The van der Waals surface area contributed by atoms with Crippen LogP contribution in [0.2, 0.25) is 0 Å². The van der Waals surface area contributed by atoms with Crippen LogP contribution < -0.4 is 5.32 Å². The van der Waals surface area contributed by atoms with Gasteiger partial charge in [-0.25, -0.2) is 0 Å². The van der Waals surface area contributed by atoms with E-state index < -0.39 is 0 Å². The maximum Gasteiger partial charge on any atom is 0.240 e. The Balaban J connectivity index is 2.15. The van der Waals surface area contributed by atoms with Gasteiger partial charge < -0.3 is 10.2 Å². The zero-order valence-corrected chi connectivity index (χ0v) is 12.8. The molecule has 2 atom stereocenters. The number of carbonyl (C=O) groups is 1. The maximum absolute atomic E-state index is 12.7. The third-order valence-electron chi connectivity index (χ3n) is 3.95. The Labute approximate surface area is 122 Å². The van der Waals surface area contributed by atoms with Crippen molar-refractivity contribution in [1.29, 1.82) is 0 Å². The number of amides is 1. The number of benzene rings is 1. The van der Waals surface area contributed by atoms with Crippen LogP contribution in [-0.2, 0) is 4.79 Å². The molecule has 1 amide bonds. The fraction of sp³-hybridized carbons (Fsp3) is 0.588. The van der Waals surface area contributed by atoms with Gasteiger partial charge in [-0.2, -0.15) is 0 Å². The molecule has 1 fully saturated rings. The highest BCUT2D eigenvalue weighted by molar-refractivity contribution is 5.83. The zero-order valence-electron chi connectivity index (χ0n) is 12.8. The Kier molecular flexibility index (Phi) is 5.18. The molecule has 1 N–H and O–H groups in total. The molecule has 0 spiro atoms. The summed E-state index contributed by atoms with van der Waals surface area (Å²) in [5.74, 6) is 0.264. The highest BCUT2D eigenvalue weighted by Gasteiger charge is 2.33. The van der Waals surface area contributed by atoms with E-state index in [2.05, 4.69) is 55.3 Å². The lowest BCUT2D eigenvalue weighted by atomic mass is 9.97. The first-order valence-electron chi connectivity index (χ1n) is 7.75. The van der Waals surface area contributed by atoms with Crippen LogP contribution in [0.3, 0.4) is 0 Å². The average Bonchev–Trinajstić information content (AvgIpc) is 2.44. The lowest BCUT2D eigenvalue weighted by Crippen LogP contribution is -2.53. The van der Waals surface area contributed by atoms with Crippen LogP contribution in [0.25, 0.3) is 0 Å². The van der Waals surface area contributed by atoms with E-state index in [4.69, 9.17) is 0 Å². The highest BCUT2D eigenvalue weighted by Crippen LogP contribution is 2.28. The van der Waals surface area contributed by atoms with Gasteiger partial charge in [-0.1, -0.05) is 51.1 Å². The van der Waals surface area contributed by atoms with E-state index in [-0.39, 0.29) is 18.0 Å². The molecule has 2 rings (SSSR count). The van der Waals surface area contributed by atoms with E-state index in [1.54, 1.807) is 0 Å². The molecule has 2 unspecified atom stereocenters. The second kappa shape index (κ2) is 6.89. The molecule has 1 aromatic rings. The van der Waals surface area contributed by atoms with E-state index in [0.29, 0.717) is 6.04 Å². The molecule has 20 heavy (non-hydrogen) atoms. The van der Waals surface area contributed by atoms with Crippen LogP contribution in [0.4, 0.5) is 0 Å². The number of hydrogen-bond acceptors (Lipinski definition) is 2. The molecule has 1 aliphatic rings. The minimum atomic E-state index is -0.0125. The summed E-state index contributed by atoms with van der Waals surface area (Å²) in [5, 5.41) is 3.40. The molecule has 0 aliphatic carbocycles. The molecular weight excluding hydrogens is 248 g/mol. The summed E-state index contributed by atoms with van der Waals surface area (Å²) in [6.45, 7) is 7.23. The van der Waals surface area contributed by atoms with Crippen molar-refractivity contribution in [1.82, 2.24) is 10.2 Å². The van der Waals surface area contributed by atoms with Gasteiger partial charge in [-0.05, 0) is 24.8 Å². The second-order valence-electron chi connectivity index (χ2n) is 5.88. The van der Waals surface area contributed by atoms with Crippen molar-refractivity contribution < 1.29 is 4.79 Å². The lowest BCUT2D eigenvalue weighted by Gasteiger charge is -2.39. The number of nitrogens with zero attached hydrogens (tertiary/aromatic N) is 1. The number of nitrogens with one attached hydrogen (secondary N) is 1. The van der Waals surface area contributed by atoms with Crippen molar-refractivity contribution in [3.63, 3.8) is 0 Å². The Morgan fingerprint density at radius 1 is 1.30 bits per heavy atom. The summed E-state index contributed by atoms with van der Waals surface area (Å²) in [6, 6.07) is 10.9. The van der Waals surface area contributed by atoms with E-state index in [1.165, 1.54) is 5.56 Å². The summed E-state index contributed by atoms with van der Waals surface area (Å²) in [4.78, 5) is 14.8. The summed E-state index contributed by atoms with van der Waals surface area (Å²) in [6.07, 6.45) is 3.00. The fourth-order valence-electron chi connectivity index (χ4n) is 3.08. The molecule has 1 heterocycles. The van der Waals surface area contributed by atoms with Gasteiger partial charge >= 0.3 is 0 Å². The van der Waals surface area contributed by atoms with Crippen molar-refractivity contribution in [3.05, 3.63) is 35.9 Å². The van der Waals surface area contributed by atoms with E-state index >= 15 is 0 Å². The molecular formula is C17H26N2O. The van der Waals surface area contributed by atoms with Gasteiger partial charge in [0.2, 0.25) is 5.91 Å². The van der Waals surface area contributed by atoms with Crippen LogP contribution in [0.1, 0.15) is 51.6 Å². The Hall–Kier alpha value is -1.35. The number of carbonyl (C=O) groups excluding carboxylic acids is 1. The first-order valence-corrected chi connectivity index (χ1v) is 7.75. The second-order valence-corrected chi connectivity index (χ2v) is 5.88. The Morgan fingerprint density at radius 3 is 2.60 bits per heavy atom. The van der Waals surface area contributed by atoms with Crippen molar-refractivity contribution in [2.24, 2.45) is 0 Å². The summed E-state index contributed by atoms with van der Waals surface area (Å²) in [7, 11) is 0. The van der Waals surface area contributed by atoms with Crippen LogP contribution in [0.5, 0.6) is 0 Å². The first-order chi connectivity index (χ1) is 9.63. The highest BCUT2D eigenvalue weighted by atomic mass is 16.2. The van der Waals surface area contributed by atoms with Gasteiger partial charge in [0.15, 0.2) is 0 Å². The van der Waals surface area contributed by atoms with Gasteiger partial charge in [0.05, 0.1) is 12.1 Å². The van der Waals surface area contributed by atoms with Crippen molar-refractivity contribution in [3.8, 4) is 0 Å². The smallest absolute Gasteiger partial charge is 0.240 e. The monoisotopic (exact) mass is 274 g/mol. The minimum Gasteiger partial charge on any atom is -0.334 e. The van der Waals surface area contributed by atoms with Gasteiger partial charge in [0.1, 0.15) is 0 Å². The molecule has 0 bridgehead atoms. The largest absolute Gasteiger partial charge is 0.334 e. The lowest BCUT2D eigenvalue weighted by molar-refractivity contribution is -0.139. The van der Waals surface area contributed by atoms with Crippen LogP contribution >= 0.6 is 0 Å². The number of hydrogen-bond donors (Lipinski definition) is 1. The van der Waals surface area contributed by atoms with E-state index in [0.717, 1.165) is 25.8 Å². The molecule has 3 nitrogen and oxygen atoms in total. The quantitative estimate of drug-likeness (QED) is 0.894. The molecule has 0 saturated carbocycles. The Morgan fingerprint density at radius 2 is 2.00 bits per heavy atom. The summed E-state index contributed by atoms with van der Waals surface area (Å²) in [5.41, 5.74) is 1.24. The van der Waals surface area contributed by atoms with Crippen molar-refractivity contribution in [2.45, 2.75) is 58.2 Å². The van der Waals surface area contributed by atoms with Gasteiger partial charge in [0, 0.05) is 12.6 Å². The number of likely N-dealkylation sites (tertiary alicyclic amines) is 1. The van der Waals surface area contributed by atoms with Crippen molar-refractivity contribution >= 4 is 5.91 Å². The molecule has 1 aliphatic heterocycles. The maximum atomic E-state index is 12.7. The SMILES string of the molecule is CCC(c1ccccc1)N1CCCC(NC(C)C)C1=O. The van der Waals surface area contributed by atoms with Crippen LogP contribution in [0, 0.1) is 0 Å². The average molecular weight is 274 g/mol. The standard InChI is InChI=1S/C17H26N2O/c1-4-16(14-9-6-5-7-10-14)19-12-8-11-15(17(19)20)18-13(2)3/h5-7,9-10,13,15-16,18H,4,8,11-12H2,1-3H3. The number of piperidine rings is 1. The van der Waals surface area contributed by atoms with E-state index in [1.807, 2.05) is 6.07 Å². The third-order valence-corrected chi connectivity index (χ3v) is 3.95. The van der Waals surface area contributed by atoms with Crippen molar-refractivity contribution in [2.75, 3.05) is 6.54 Å². The molecule has 3 heteroatoms. The third kappa shape index (κ3) is 3.40. The normalized spacial score (nSPS) is 21.3. The van der Waals surface area contributed by atoms with Crippen LogP contribution in [-0.4, -0.2) is 29.4 Å². The fourth-order valence-corrected chi connectivity index (χ4v) is 3.08. The number of rotatable bonds is 5.